The van der Waals surface area contributed by atoms with Gasteiger partial charge in [0.05, 0.1) is 6.61 Å². The molecule has 0 radical (unpaired) electrons. The standard InChI is InChI=1S/C16H16O/c1-2-6-13(7-3-1)10-14-11-15-8-4-5-9-16(15)17-12-14/h1-9,14H,10-12H2. The fraction of sp³-hybridized carbons (Fsp3) is 0.250. The lowest BCUT2D eigenvalue weighted by molar-refractivity contribution is 0.221. The first-order valence-corrected chi connectivity index (χ1v) is 6.16. The van der Waals surface area contributed by atoms with Crippen molar-refractivity contribution >= 4 is 0 Å². The summed E-state index contributed by atoms with van der Waals surface area (Å²) in [5.41, 5.74) is 2.75. The van der Waals surface area contributed by atoms with Crippen LogP contribution < -0.4 is 4.74 Å². The van der Waals surface area contributed by atoms with Crippen molar-refractivity contribution in [3.05, 3.63) is 65.7 Å². The topological polar surface area (TPSA) is 9.23 Å². The average molecular weight is 224 g/mol. The zero-order valence-corrected chi connectivity index (χ0v) is 9.80. The van der Waals surface area contributed by atoms with Gasteiger partial charge in [-0.15, -0.1) is 0 Å². The van der Waals surface area contributed by atoms with Crippen LogP contribution in [0.1, 0.15) is 11.1 Å². The maximum Gasteiger partial charge on any atom is 0.122 e. The van der Waals surface area contributed by atoms with Crippen molar-refractivity contribution in [1.82, 2.24) is 0 Å². The van der Waals surface area contributed by atoms with Crippen LogP contribution in [0.2, 0.25) is 0 Å². The Hall–Kier alpha value is -1.76. The van der Waals surface area contributed by atoms with E-state index in [1.54, 1.807) is 0 Å². The maximum atomic E-state index is 5.81. The number of benzene rings is 2. The van der Waals surface area contributed by atoms with Gasteiger partial charge in [0.15, 0.2) is 0 Å². The van der Waals surface area contributed by atoms with E-state index in [-0.39, 0.29) is 0 Å². The van der Waals surface area contributed by atoms with Gasteiger partial charge in [-0.25, -0.2) is 0 Å². The molecule has 1 unspecified atom stereocenters. The van der Waals surface area contributed by atoms with Crippen LogP contribution in [0, 0.1) is 5.92 Å². The van der Waals surface area contributed by atoms with Crippen LogP contribution >= 0.6 is 0 Å². The van der Waals surface area contributed by atoms with Gasteiger partial charge in [-0.05, 0) is 30.0 Å². The molecule has 86 valence electrons. The molecule has 0 fully saturated rings. The molecule has 0 saturated carbocycles. The molecule has 1 atom stereocenters. The van der Waals surface area contributed by atoms with Crippen LogP contribution in [-0.4, -0.2) is 6.61 Å². The minimum Gasteiger partial charge on any atom is -0.493 e. The van der Waals surface area contributed by atoms with Crippen molar-refractivity contribution in [2.24, 2.45) is 5.92 Å². The summed E-state index contributed by atoms with van der Waals surface area (Å²) < 4.78 is 5.81. The Labute approximate surface area is 102 Å². The number of rotatable bonds is 2. The van der Waals surface area contributed by atoms with Gasteiger partial charge >= 0.3 is 0 Å². The predicted molar refractivity (Wildman–Crippen MR) is 69.3 cm³/mol. The van der Waals surface area contributed by atoms with Crippen molar-refractivity contribution in [2.75, 3.05) is 6.61 Å². The number of hydrogen-bond donors (Lipinski definition) is 0. The van der Waals surface area contributed by atoms with Gasteiger partial charge in [0.25, 0.3) is 0 Å². The molecule has 0 aromatic heterocycles. The SMILES string of the molecule is c1ccc(CC2COc3ccccc3C2)cc1. The molecule has 0 bridgehead atoms. The first-order chi connectivity index (χ1) is 8.42. The highest BCUT2D eigenvalue weighted by atomic mass is 16.5. The third kappa shape index (κ3) is 2.33. The van der Waals surface area contributed by atoms with E-state index in [2.05, 4.69) is 48.5 Å². The Morgan fingerprint density at radius 2 is 1.71 bits per heavy atom. The minimum atomic E-state index is 0.604. The quantitative estimate of drug-likeness (QED) is 0.759. The molecule has 0 N–H and O–H groups in total. The summed E-state index contributed by atoms with van der Waals surface area (Å²) in [4.78, 5) is 0. The van der Waals surface area contributed by atoms with Crippen LogP contribution in [-0.2, 0) is 12.8 Å². The molecule has 1 aliphatic rings. The van der Waals surface area contributed by atoms with Crippen LogP contribution in [0.4, 0.5) is 0 Å². The summed E-state index contributed by atoms with van der Waals surface area (Å²) in [6.07, 6.45) is 2.24. The predicted octanol–water partition coefficient (Wildman–Crippen LogP) is 3.48. The van der Waals surface area contributed by atoms with Crippen LogP contribution in [0.5, 0.6) is 5.75 Å². The summed E-state index contributed by atoms with van der Waals surface area (Å²) in [5, 5.41) is 0. The highest BCUT2D eigenvalue weighted by molar-refractivity contribution is 5.35. The summed E-state index contributed by atoms with van der Waals surface area (Å²) in [6, 6.07) is 19.0. The van der Waals surface area contributed by atoms with Crippen molar-refractivity contribution in [1.29, 1.82) is 0 Å². The Kier molecular flexibility index (Phi) is 2.83. The van der Waals surface area contributed by atoms with E-state index >= 15 is 0 Å². The van der Waals surface area contributed by atoms with Gasteiger partial charge in [0.1, 0.15) is 5.75 Å². The molecule has 1 heterocycles. The number of para-hydroxylation sites is 1. The molecule has 0 spiro atoms. The molecule has 1 nitrogen and oxygen atoms in total. The molecule has 1 heteroatoms. The summed E-state index contributed by atoms with van der Waals surface area (Å²) >= 11 is 0. The molecule has 1 aliphatic heterocycles. The van der Waals surface area contributed by atoms with Gasteiger partial charge in [-0.3, -0.25) is 0 Å². The zero-order chi connectivity index (χ0) is 11.5. The molecule has 2 aromatic rings. The minimum absolute atomic E-state index is 0.604. The molecule has 0 aliphatic carbocycles. The maximum absolute atomic E-state index is 5.81. The van der Waals surface area contributed by atoms with E-state index in [4.69, 9.17) is 4.74 Å². The zero-order valence-electron chi connectivity index (χ0n) is 9.80. The molecular formula is C16H16O. The second kappa shape index (κ2) is 4.62. The number of fused-ring (bicyclic) bond motifs is 1. The summed E-state index contributed by atoms with van der Waals surface area (Å²) in [7, 11) is 0. The summed E-state index contributed by atoms with van der Waals surface area (Å²) in [6.45, 7) is 0.839. The second-order valence-electron chi connectivity index (χ2n) is 4.68. The first-order valence-electron chi connectivity index (χ1n) is 6.16. The Morgan fingerprint density at radius 3 is 2.59 bits per heavy atom. The van der Waals surface area contributed by atoms with E-state index in [9.17, 15) is 0 Å². The fourth-order valence-corrected chi connectivity index (χ4v) is 2.47. The third-order valence-electron chi connectivity index (χ3n) is 3.32. The molecule has 2 aromatic carbocycles. The largest absolute Gasteiger partial charge is 0.493 e. The highest BCUT2D eigenvalue weighted by Gasteiger charge is 2.19. The second-order valence-corrected chi connectivity index (χ2v) is 4.68. The number of hydrogen-bond acceptors (Lipinski definition) is 1. The molecule has 17 heavy (non-hydrogen) atoms. The Morgan fingerprint density at radius 1 is 0.941 bits per heavy atom. The smallest absolute Gasteiger partial charge is 0.122 e. The Balaban J connectivity index is 1.72. The normalized spacial score (nSPS) is 18.2. The van der Waals surface area contributed by atoms with Crippen LogP contribution in [0.15, 0.2) is 54.6 Å². The first kappa shape index (κ1) is 10.4. The van der Waals surface area contributed by atoms with Gasteiger partial charge < -0.3 is 4.74 Å². The summed E-state index contributed by atoms with van der Waals surface area (Å²) in [5.74, 6) is 1.67. The lowest BCUT2D eigenvalue weighted by Gasteiger charge is -2.25. The molecular weight excluding hydrogens is 208 g/mol. The monoisotopic (exact) mass is 224 g/mol. The van der Waals surface area contributed by atoms with E-state index in [1.165, 1.54) is 11.1 Å². The van der Waals surface area contributed by atoms with E-state index in [0.717, 1.165) is 25.2 Å². The van der Waals surface area contributed by atoms with E-state index in [0.29, 0.717) is 5.92 Å². The van der Waals surface area contributed by atoms with Crippen LogP contribution in [0.25, 0.3) is 0 Å². The molecule has 3 rings (SSSR count). The van der Waals surface area contributed by atoms with E-state index in [1.807, 2.05) is 6.07 Å². The molecule has 0 saturated heterocycles. The fourth-order valence-electron chi connectivity index (χ4n) is 2.47. The average Bonchev–Trinajstić information content (AvgIpc) is 2.40. The van der Waals surface area contributed by atoms with Gasteiger partial charge in [0.2, 0.25) is 0 Å². The van der Waals surface area contributed by atoms with Crippen LogP contribution in [0.3, 0.4) is 0 Å². The van der Waals surface area contributed by atoms with Crippen molar-refractivity contribution in [3.63, 3.8) is 0 Å². The van der Waals surface area contributed by atoms with Crippen molar-refractivity contribution in [2.45, 2.75) is 12.8 Å². The van der Waals surface area contributed by atoms with Gasteiger partial charge in [-0.1, -0.05) is 48.5 Å². The van der Waals surface area contributed by atoms with Crippen molar-refractivity contribution < 1.29 is 4.74 Å². The lowest BCUT2D eigenvalue weighted by atomic mass is 9.91. The number of ether oxygens (including phenoxy) is 1. The van der Waals surface area contributed by atoms with Crippen molar-refractivity contribution in [3.8, 4) is 5.75 Å². The van der Waals surface area contributed by atoms with Gasteiger partial charge in [-0.2, -0.15) is 0 Å². The van der Waals surface area contributed by atoms with Gasteiger partial charge in [0, 0.05) is 5.92 Å². The third-order valence-corrected chi connectivity index (χ3v) is 3.32. The molecule has 0 amide bonds. The lowest BCUT2D eigenvalue weighted by Crippen LogP contribution is -2.22. The highest BCUT2D eigenvalue weighted by Crippen LogP contribution is 2.28. The van der Waals surface area contributed by atoms with E-state index < -0.39 is 0 Å². The Bertz CT molecular complexity index is 490.